The zero-order chi connectivity index (χ0) is 29.5. The van der Waals surface area contributed by atoms with Gasteiger partial charge in [-0.2, -0.15) is 28.1 Å². The Morgan fingerprint density at radius 1 is 1.07 bits per heavy atom. The number of aromatic carboxylic acids is 1. The average Bonchev–Trinajstić information content (AvgIpc) is 3.49. The van der Waals surface area contributed by atoms with Crippen molar-refractivity contribution < 1.29 is 32.6 Å². The van der Waals surface area contributed by atoms with Crippen molar-refractivity contribution in [2.75, 3.05) is 11.9 Å². The number of carboxylic acid groups (broad SMARTS) is 1. The van der Waals surface area contributed by atoms with E-state index in [0.29, 0.717) is 16.9 Å². The minimum atomic E-state index is -4.88. The number of amides is 1. The molecule has 14 heteroatoms. The second-order valence-corrected chi connectivity index (χ2v) is 9.36. The van der Waals surface area contributed by atoms with Crippen LogP contribution in [0.1, 0.15) is 37.7 Å². The lowest BCUT2D eigenvalue weighted by Crippen LogP contribution is -2.26. The molecule has 0 aliphatic rings. The van der Waals surface area contributed by atoms with Crippen molar-refractivity contribution in [3.63, 3.8) is 0 Å². The minimum Gasteiger partial charge on any atom is -0.478 e. The van der Waals surface area contributed by atoms with Gasteiger partial charge >= 0.3 is 12.1 Å². The highest BCUT2D eigenvalue weighted by atomic mass is 35.5. The van der Waals surface area contributed by atoms with Crippen LogP contribution in [0.3, 0.4) is 0 Å². The summed E-state index contributed by atoms with van der Waals surface area (Å²) in [6.07, 6.45) is -1.74. The third-order valence-electron chi connectivity index (χ3n) is 6.08. The summed E-state index contributed by atoms with van der Waals surface area (Å²) in [4.78, 5) is 30.0. The average molecular weight is 585 g/mol. The van der Waals surface area contributed by atoms with E-state index >= 15 is 0 Å². The highest BCUT2D eigenvalue weighted by Gasteiger charge is 2.40. The molecule has 41 heavy (non-hydrogen) atoms. The Hall–Kier alpha value is -4.91. The van der Waals surface area contributed by atoms with Gasteiger partial charge in [0.1, 0.15) is 11.6 Å². The molecule has 210 valence electrons. The van der Waals surface area contributed by atoms with E-state index in [9.17, 15) is 22.8 Å². The summed E-state index contributed by atoms with van der Waals surface area (Å²) in [6.45, 7) is 1.58. The maximum Gasteiger partial charge on any atom is 0.436 e. The number of hydrogen-bond donors (Lipinski definition) is 1. The Morgan fingerprint density at radius 3 is 2.49 bits per heavy atom. The summed E-state index contributed by atoms with van der Waals surface area (Å²) >= 11 is 6.08. The first kappa shape index (κ1) is 27.6. The Bertz CT molecular complexity index is 1780. The number of hydrogen-bond acceptors (Lipinski definition) is 6. The van der Waals surface area contributed by atoms with Crippen LogP contribution >= 0.6 is 11.6 Å². The highest BCUT2D eigenvalue weighted by Crippen LogP contribution is 2.40. The molecule has 0 radical (unpaired) electrons. The number of carboxylic acids is 1. The standard InChI is InChI=1S/C27H20ClF3N6O4/c1-15-10-21-32-12-20(13-36(21)33-15)35(2)24(38)18-4-3-5-19(11-18)37-25(22(28)23(34-37)27(29,30)31)41-14-16-6-8-17(9-7-16)26(39)40/h3-13H,14H2,1-2H3,(H,39,40). The summed E-state index contributed by atoms with van der Waals surface area (Å²) in [5.41, 5.74) is 1.20. The van der Waals surface area contributed by atoms with Crippen molar-refractivity contribution in [2.24, 2.45) is 0 Å². The molecule has 0 saturated heterocycles. The van der Waals surface area contributed by atoms with Gasteiger partial charge in [-0.05, 0) is 42.8 Å². The van der Waals surface area contributed by atoms with Crippen molar-refractivity contribution in [1.29, 1.82) is 0 Å². The molecule has 2 aromatic carbocycles. The molecule has 1 amide bonds. The summed E-state index contributed by atoms with van der Waals surface area (Å²) in [5.74, 6) is -1.99. The molecule has 0 atom stereocenters. The quantitative estimate of drug-likeness (QED) is 0.270. The van der Waals surface area contributed by atoms with Gasteiger partial charge in [0.2, 0.25) is 5.88 Å². The molecule has 0 bridgehead atoms. The van der Waals surface area contributed by atoms with Crippen LogP contribution in [0, 0.1) is 6.92 Å². The number of rotatable bonds is 7. The summed E-state index contributed by atoms with van der Waals surface area (Å²) in [6, 6.07) is 13.2. The minimum absolute atomic E-state index is 0.0399. The molecule has 0 fully saturated rings. The van der Waals surface area contributed by atoms with E-state index < -0.39 is 34.6 Å². The molecule has 3 aromatic heterocycles. The van der Waals surface area contributed by atoms with E-state index in [-0.39, 0.29) is 23.4 Å². The van der Waals surface area contributed by atoms with Crippen molar-refractivity contribution in [3.8, 4) is 11.6 Å². The van der Waals surface area contributed by atoms with E-state index in [0.717, 1.165) is 10.4 Å². The molecule has 5 rings (SSSR count). The number of carbonyl (C=O) groups is 2. The van der Waals surface area contributed by atoms with Crippen LogP contribution in [0.4, 0.5) is 18.9 Å². The van der Waals surface area contributed by atoms with Crippen LogP contribution in [0.5, 0.6) is 5.88 Å². The summed E-state index contributed by atoms with van der Waals surface area (Å²) in [5, 5.41) is 16.2. The van der Waals surface area contributed by atoms with Gasteiger partial charge in [-0.25, -0.2) is 14.3 Å². The number of aryl methyl sites for hydroxylation is 1. The van der Waals surface area contributed by atoms with Gasteiger partial charge in [0, 0.05) is 18.7 Å². The Morgan fingerprint density at radius 2 is 1.80 bits per heavy atom. The van der Waals surface area contributed by atoms with Gasteiger partial charge in [-0.15, -0.1) is 0 Å². The van der Waals surface area contributed by atoms with Crippen LogP contribution in [-0.2, 0) is 12.8 Å². The first-order valence-electron chi connectivity index (χ1n) is 11.9. The zero-order valence-electron chi connectivity index (χ0n) is 21.4. The Labute approximate surface area is 235 Å². The monoisotopic (exact) mass is 584 g/mol. The third-order valence-corrected chi connectivity index (χ3v) is 6.43. The number of anilines is 1. The molecule has 10 nitrogen and oxygen atoms in total. The third kappa shape index (κ3) is 5.57. The lowest BCUT2D eigenvalue weighted by atomic mass is 10.1. The van der Waals surface area contributed by atoms with E-state index in [4.69, 9.17) is 21.4 Å². The molecular formula is C27H20ClF3N6O4. The number of ether oxygens (including phenoxy) is 1. The molecule has 0 aliphatic carbocycles. The van der Waals surface area contributed by atoms with Gasteiger partial charge in [0.15, 0.2) is 11.3 Å². The van der Waals surface area contributed by atoms with Crippen molar-refractivity contribution in [2.45, 2.75) is 19.7 Å². The van der Waals surface area contributed by atoms with Crippen molar-refractivity contribution in [3.05, 3.63) is 100 Å². The fourth-order valence-electron chi connectivity index (χ4n) is 4.00. The van der Waals surface area contributed by atoms with E-state index in [1.807, 2.05) is 6.92 Å². The topological polar surface area (TPSA) is 115 Å². The summed E-state index contributed by atoms with van der Waals surface area (Å²) in [7, 11) is 1.53. The van der Waals surface area contributed by atoms with Crippen LogP contribution in [-0.4, -0.2) is 48.4 Å². The van der Waals surface area contributed by atoms with Gasteiger partial charge in [-0.3, -0.25) is 4.79 Å². The second kappa shape index (κ2) is 10.6. The maximum atomic E-state index is 13.7. The van der Waals surface area contributed by atoms with E-state index in [2.05, 4.69) is 15.2 Å². The lowest BCUT2D eigenvalue weighted by molar-refractivity contribution is -0.141. The van der Waals surface area contributed by atoms with E-state index in [1.54, 1.807) is 12.3 Å². The largest absolute Gasteiger partial charge is 0.478 e. The van der Waals surface area contributed by atoms with Crippen LogP contribution in [0.2, 0.25) is 5.02 Å². The fourth-order valence-corrected chi connectivity index (χ4v) is 4.28. The number of nitrogens with zero attached hydrogens (tertiary/aromatic N) is 6. The molecular weight excluding hydrogens is 565 g/mol. The second-order valence-electron chi connectivity index (χ2n) is 8.98. The molecule has 3 heterocycles. The smallest absolute Gasteiger partial charge is 0.436 e. The first-order valence-corrected chi connectivity index (χ1v) is 12.3. The normalized spacial score (nSPS) is 11.6. The Kier molecular flexibility index (Phi) is 7.13. The van der Waals surface area contributed by atoms with Crippen LogP contribution in [0.25, 0.3) is 11.3 Å². The van der Waals surface area contributed by atoms with Gasteiger partial charge in [0.25, 0.3) is 5.91 Å². The predicted octanol–water partition coefficient (Wildman–Crippen LogP) is 5.45. The van der Waals surface area contributed by atoms with Crippen molar-refractivity contribution in [1.82, 2.24) is 24.4 Å². The molecule has 1 N–H and O–H groups in total. The zero-order valence-corrected chi connectivity index (χ0v) is 22.2. The number of carbonyl (C=O) groups excluding carboxylic acids is 1. The Balaban J connectivity index is 1.46. The highest BCUT2D eigenvalue weighted by molar-refractivity contribution is 6.32. The number of benzene rings is 2. The molecule has 0 saturated carbocycles. The number of fused-ring (bicyclic) bond motifs is 1. The van der Waals surface area contributed by atoms with Gasteiger partial charge in [-0.1, -0.05) is 29.8 Å². The number of alkyl halides is 3. The number of aromatic nitrogens is 5. The van der Waals surface area contributed by atoms with E-state index in [1.165, 1.54) is 71.2 Å². The van der Waals surface area contributed by atoms with Crippen LogP contribution in [0.15, 0.2) is 67.0 Å². The SMILES string of the molecule is Cc1cc2ncc(N(C)C(=O)c3cccc(-n4nc(C(F)(F)F)c(Cl)c4OCc4ccc(C(=O)O)cc4)c3)cn2n1. The number of halogens is 4. The van der Waals surface area contributed by atoms with Gasteiger partial charge < -0.3 is 14.7 Å². The van der Waals surface area contributed by atoms with Crippen LogP contribution < -0.4 is 9.64 Å². The maximum absolute atomic E-state index is 13.7. The molecule has 0 spiro atoms. The first-order chi connectivity index (χ1) is 19.4. The molecule has 0 aliphatic heterocycles. The van der Waals surface area contributed by atoms with Crippen molar-refractivity contribution >= 4 is 34.8 Å². The fraction of sp³-hybridized carbons (Fsp3) is 0.148. The summed E-state index contributed by atoms with van der Waals surface area (Å²) < 4.78 is 49.2. The lowest BCUT2D eigenvalue weighted by Gasteiger charge is -2.17. The predicted molar refractivity (Wildman–Crippen MR) is 142 cm³/mol. The van der Waals surface area contributed by atoms with Gasteiger partial charge in [0.05, 0.1) is 35.0 Å². The molecule has 5 aromatic rings. The molecule has 0 unspecified atom stereocenters.